The van der Waals surface area contributed by atoms with Gasteiger partial charge in [0, 0.05) is 49.6 Å². The summed E-state index contributed by atoms with van der Waals surface area (Å²) in [6, 6.07) is 11.4. The van der Waals surface area contributed by atoms with E-state index in [9.17, 15) is 10.1 Å². The van der Waals surface area contributed by atoms with Crippen molar-refractivity contribution in [3.05, 3.63) is 41.9 Å². The molecule has 0 bridgehead atoms. The highest BCUT2D eigenvalue weighted by Gasteiger charge is 2.32. The van der Waals surface area contributed by atoms with E-state index in [2.05, 4.69) is 55.5 Å². The van der Waals surface area contributed by atoms with Crippen LogP contribution in [0, 0.1) is 23.7 Å². The topological polar surface area (TPSA) is 183 Å². The summed E-state index contributed by atoms with van der Waals surface area (Å²) in [4.78, 5) is 21.2. The van der Waals surface area contributed by atoms with Crippen LogP contribution < -0.4 is 16.0 Å². The second kappa shape index (κ2) is 17.3. The summed E-state index contributed by atoms with van der Waals surface area (Å²) in [5.41, 5.74) is 2.52. The molecule has 0 unspecified atom stereocenters. The number of carbonyl (C=O) groups excluding carboxylic acids is 1. The highest BCUT2D eigenvalue weighted by atomic mass is 16.7. The fraction of sp³-hybridized carbons (Fsp3) is 0.618. The lowest BCUT2D eigenvalue weighted by atomic mass is 9.82. The molecule has 5 rings (SSSR count). The van der Waals surface area contributed by atoms with Crippen LogP contribution in [0.15, 0.2) is 30.5 Å². The van der Waals surface area contributed by atoms with E-state index in [1.54, 1.807) is 13.8 Å². The van der Waals surface area contributed by atoms with E-state index in [0.717, 1.165) is 67.0 Å². The highest BCUT2D eigenvalue weighted by molar-refractivity contribution is 5.68. The molecule has 3 aromatic rings. The van der Waals surface area contributed by atoms with Gasteiger partial charge in [-0.05, 0) is 100 Å². The lowest BCUT2D eigenvalue weighted by molar-refractivity contribution is -0.00389. The van der Waals surface area contributed by atoms with Crippen molar-refractivity contribution in [3.8, 4) is 17.3 Å². The molecule has 264 valence electrons. The van der Waals surface area contributed by atoms with Gasteiger partial charge >= 0.3 is 6.16 Å². The van der Waals surface area contributed by atoms with Crippen LogP contribution in [0.3, 0.4) is 0 Å². The van der Waals surface area contributed by atoms with Gasteiger partial charge in [0.25, 0.3) is 0 Å². The second-order valence-corrected chi connectivity index (χ2v) is 12.9. The molecule has 0 radical (unpaired) electrons. The van der Waals surface area contributed by atoms with Crippen LogP contribution >= 0.6 is 0 Å². The zero-order chi connectivity index (χ0) is 34.6. The molecular weight excluding hydrogens is 628 g/mol. The number of nitrogens with one attached hydrogen (secondary N) is 3. The summed E-state index contributed by atoms with van der Waals surface area (Å²) in [5, 5.41) is 32.2. The van der Waals surface area contributed by atoms with Crippen LogP contribution in [0.1, 0.15) is 76.9 Å². The molecule has 15 nitrogen and oxygen atoms in total. The smallest absolute Gasteiger partial charge is 0.435 e. The number of nitriles is 1. The van der Waals surface area contributed by atoms with Gasteiger partial charge in [0.1, 0.15) is 18.2 Å². The summed E-state index contributed by atoms with van der Waals surface area (Å²) < 4.78 is 22.8. The van der Waals surface area contributed by atoms with E-state index in [1.165, 1.54) is 4.68 Å². The van der Waals surface area contributed by atoms with Crippen molar-refractivity contribution in [3.63, 3.8) is 0 Å². The predicted octanol–water partition coefficient (Wildman–Crippen LogP) is 4.78. The molecule has 1 aliphatic heterocycles. The molecule has 2 fully saturated rings. The van der Waals surface area contributed by atoms with Crippen LogP contribution in [0.2, 0.25) is 0 Å². The van der Waals surface area contributed by atoms with E-state index >= 15 is 0 Å². The summed E-state index contributed by atoms with van der Waals surface area (Å²) in [6.07, 6.45) is 5.96. The highest BCUT2D eigenvalue weighted by Crippen LogP contribution is 2.31. The first-order chi connectivity index (χ1) is 23.8. The van der Waals surface area contributed by atoms with Gasteiger partial charge in [0.05, 0.1) is 30.4 Å². The van der Waals surface area contributed by atoms with Gasteiger partial charge in [-0.15, -0.1) is 5.10 Å². The zero-order valence-electron chi connectivity index (χ0n) is 28.9. The average molecular weight is 677 g/mol. The standard InChI is InChI=1S/C34H48N10O5/c1-5-48-33(45)49-25(4)44-32(41-42-43-44)20-47-19-24(3)38-26-9-11-27(12-10-26)39-31-17-28(23(2)18-36-31)29-7-6-8-30(40-29)37-22-34(21-35)13-15-46-16-14-34/h6-8,17-18,24-27,38H,5,9-16,19-20,22H2,1-4H3,(H,36,39)(H,37,40)/t24-,25+,26?,27?/m0/s1. The largest absolute Gasteiger partial charge is 0.510 e. The van der Waals surface area contributed by atoms with E-state index < -0.39 is 17.8 Å². The zero-order valence-corrected chi connectivity index (χ0v) is 28.9. The Labute approximate surface area is 287 Å². The number of anilines is 2. The van der Waals surface area contributed by atoms with Gasteiger partial charge in [-0.1, -0.05) is 6.07 Å². The van der Waals surface area contributed by atoms with E-state index in [4.69, 9.17) is 23.9 Å². The summed E-state index contributed by atoms with van der Waals surface area (Å²) >= 11 is 0. The molecule has 1 saturated carbocycles. The number of aromatic nitrogens is 6. The van der Waals surface area contributed by atoms with E-state index in [0.29, 0.717) is 44.3 Å². The molecule has 0 amide bonds. The monoisotopic (exact) mass is 676 g/mol. The summed E-state index contributed by atoms with van der Waals surface area (Å²) in [6.45, 7) is 10.2. The van der Waals surface area contributed by atoms with E-state index in [1.807, 2.05) is 31.3 Å². The minimum absolute atomic E-state index is 0.133. The summed E-state index contributed by atoms with van der Waals surface area (Å²) in [5.74, 6) is 2.06. The second-order valence-electron chi connectivity index (χ2n) is 12.9. The van der Waals surface area contributed by atoms with Crippen molar-refractivity contribution in [1.82, 2.24) is 35.5 Å². The third-order valence-corrected chi connectivity index (χ3v) is 9.06. The Morgan fingerprint density at radius 2 is 1.94 bits per heavy atom. The Hall–Kier alpha value is -4.39. The van der Waals surface area contributed by atoms with Crippen molar-refractivity contribution < 1.29 is 23.7 Å². The van der Waals surface area contributed by atoms with Crippen LogP contribution in [-0.2, 0) is 25.6 Å². The van der Waals surface area contributed by atoms with Crippen LogP contribution in [0.5, 0.6) is 0 Å². The lowest BCUT2D eigenvalue weighted by Gasteiger charge is -2.32. The molecule has 3 N–H and O–H groups in total. The van der Waals surface area contributed by atoms with Gasteiger partial charge in [0.15, 0.2) is 12.1 Å². The molecule has 1 aliphatic carbocycles. The van der Waals surface area contributed by atoms with Crippen molar-refractivity contribution >= 4 is 17.8 Å². The minimum atomic E-state index is -0.774. The number of aryl methyl sites for hydroxylation is 1. The van der Waals surface area contributed by atoms with Crippen molar-refractivity contribution in [2.45, 2.75) is 97.2 Å². The van der Waals surface area contributed by atoms with Crippen molar-refractivity contribution in [1.29, 1.82) is 5.26 Å². The molecule has 0 aromatic carbocycles. The Balaban J connectivity index is 1.06. The molecule has 3 aromatic heterocycles. The van der Waals surface area contributed by atoms with Crippen LogP contribution in [-0.4, -0.2) is 87.4 Å². The number of hydrogen-bond acceptors (Lipinski definition) is 14. The number of carbonyl (C=O) groups is 1. The fourth-order valence-electron chi connectivity index (χ4n) is 6.23. The van der Waals surface area contributed by atoms with Crippen molar-refractivity contribution in [2.24, 2.45) is 5.41 Å². The van der Waals surface area contributed by atoms with Gasteiger partial charge in [-0.2, -0.15) is 9.94 Å². The Kier molecular flexibility index (Phi) is 12.7. The SMILES string of the molecule is CCOC(=O)O[C@H](C)n1nnnc1COC[C@H](C)NC1CCC(Nc2cc(-c3cccc(NCC4(C#N)CCOCC4)n3)c(C)cn2)CC1. The Morgan fingerprint density at radius 1 is 1.16 bits per heavy atom. The number of rotatable bonds is 15. The lowest BCUT2D eigenvalue weighted by Crippen LogP contribution is -2.43. The van der Waals surface area contributed by atoms with E-state index in [-0.39, 0.29) is 19.3 Å². The molecule has 1 saturated heterocycles. The molecule has 49 heavy (non-hydrogen) atoms. The molecule has 0 spiro atoms. The molecule has 4 heterocycles. The average Bonchev–Trinajstić information content (AvgIpc) is 3.58. The quantitative estimate of drug-likeness (QED) is 0.187. The fourth-order valence-corrected chi connectivity index (χ4v) is 6.23. The maximum atomic E-state index is 11.6. The molecule has 15 heteroatoms. The molecule has 2 atom stereocenters. The first kappa shape index (κ1) is 35.9. The molecular formula is C34H48N10O5. The Bertz CT molecular complexity index is 1550. The summed E-state index contributed by atoms with van der Waals surface area (Å²) in [7, 11) is 0. The Morgan fingerprint density at radius 3 is 2.69 bits per heavy atom. The van der Waals surface area contributed by atoms with Gasteiger partial charge < -0.3 is 34.9 Å². The van der Waals surface area contributed by atoms with Crippen LogP contribution in [0.4, 0.5) is 16.4 Å². The number of tetrazole rings is 1. The normalized spacial score (nSPS) is 20.1. The number of nitrogens with zero attached hydrogens (tertiary/aromatic N) is 7. The minimum Gasteiger partial charge on any atom is -0.435 e. The molecule has 2 aliphatic rings. The number of hydrogen-bond donors (Lipinski definition) is 3. The number of ether oxygens (including phenoxy) is 4. The van der Waals surface area contributed by atoms with Crippen LogP contribution in [0.25, 0.3) is 11.3 Å². The van der Waals surface area contributed by atoms with Gasteiger partial charge in [0.2, 0.25) is 0 Å². The first-order valence-corrected chi connectivity index (χ1v) is 17.1. The van der Waals surface area contributed by atoms with Gasteiger partial charge in [-0.25, -0.2) is 14.8 Å². The van der Waals surface area contributed by atoms with Crippen molar-refractivity contribution in [2.75, 3.05) is 43.6 Å². The third-order valence-electron chi connectivity index (χ3n) is 9.06. The number of pyridine rings is 2. The van der Waals surface area contributed by atoms with Gasteiger partial charge in [-0.3, -0.25) is 0 Å². The third kappa shape index (κ3) is 10.1. The maximum Gasteiger partial charge on any atom is 0.510 e. The first-order valence-electron chi connectivity index (χ1n) is 17.1. The maximum absolute atomic E-state index is 11.6. The predicted molar refractivity (Wildman–Crippen MR) is 181 cm³/mol.